The van der Waals surface area contributed by atoms with Crippen molar-refractivity contribution in [1.82, 2.24) is 9.88 Å². The van der Waals surface area contributed by atoms with E-state index in [4.69, 9.17) is 0 Å². The van der Waals surface area contributed by atoms with E-state index in [0.717, 1.165) is 0 Å². The van der Waals surface area contributed by atoms with Crippen molar-refractivity contribution in [3.8, 4) is 0 Å². The van der Waals surface area contributed by atoms with Gasteiger partial charge in [0.25, 0.3) is 0 Å². The predicted molar refractivity (Wildman–Crippen MR) is 37.6 cm³/mol. The SMILES string of the molecule is O=C1CNC(=O)n2cccc21. The number of aromatic nitrogens is 1. The van der Waals surface area contributed by atoms with Gasteiger partial charge in [-0.2, -0.15) is 0 Å². The molecule has 1 N–H and O–H groups in total. The molecule has 0 spiro atoms. The van der Waals surface area contributed by atoms with E-state index in [1.807, 2.05) is 0 Å². The molecule has 0 radical (unpaired) electrons. The number of fused-ring (bicyclic) bond motifs is 1. The maximum atomic E-state index is 11.1. The van der Waals surface area contributed by atoms with Crippen molar-refractivity contribution in [2.75, 3.05) is 6.54 Å². The highest BCUT2D eigenvalue weighted by atomic mass is 16.2. The Bertz CT molecular complexity index is 296. The highest BCUT2D eigenvalue weighted by Gasteiger charge is 2.20. The van der Waals surface area contributed by atoms with E-state index in [2.05, 4.69) is 5.32 Å². The third-order valence-corrected chi connectivity index (χ3v) is 1.65. The van der Waals surface area contributed by atoms with E-state index < -0.39 is 0 Å². The molecule has 0 saturated heterocycles. The Morgan fingerprint density at radius 2 is 2.27 bits per heavy atom. The predicted octanol–water partition coefficient (Wildman–Crippen LogP) is 0.242. The Hall–Kier alpha value is -1.58. The van der Waals surface area contributed by atoms with Gasteiger partial charge < -0.3 is 5.32 Å². The molecular weight excluding hydrogens is 144 g/mol. The van der Waals surface area contributed by atoms with Crippen molar-refractivity contribution in [2.45, 2.75) is 0 Å². The standard InChI is InChI=1S/C7H6N2O2/c10-6-4-8-7(11)9-3-1-2-5(6)9/h1-3H,4H2,(H,8,11). The van der Waals surface area contributed by atoms with Crippen LogP contribution in [0.4, 0.5) is 4.79 Å². The smallest absolute Gasteiger partial charge is 0.326 e. The zero-order valence-electron chi connectivity index (χ0n) is 5.70. The molecule has 4 nitrogen and oxygen atoms in total. The van der Waals surface area contributed by atoms with Crippen LogP contribution in [-0.2, 0) is 0 Å². The lowest BCUT2D eigenvalue weighted by Gasteiger charge is -2.13. The van der Waals surface area contributed by atoms with Crippen molar-refractivity contribution in [3.63, 3.8) is 0 Å². The van der Waals surface area contributed by atoms with Crippen LogP contribution >= 0.6 is 0 Å². The molecule has 2 heterocycles. The highest BCUT2D eigenvalue weighted by Crippen LogP contribution is 2.05. The molecule has 1 aliphatic rings. The lowest BCUT2D eigenvalue weighted by atomic mass is 10.2. The normalized spacial score (nSPS) is 16.0. The van der Waals surface area contributed by atoms with E-state index in [1.165, 1.54) is 4.57 Å². The summed E-state index contributed by atoms with van der Waals surface area (Å²) in [6.07, 6.45) is 1.57. The Morgan fingerprint density at radius 1 is 1.45 bits per heavy atom. The summed E-state index contributed by atoms with van der Waals surface area (Å²) in [5.41, 5.74) is 0.466. The van der Waals surface area contributed by atoms with Crippen LogP contribution < -0.4 is 5.32 Å². The lowest BCUT2D eigenvalue weighted by Crippen LogP contribution is -2.40. The van der Waals surface area contributed by atoms with Crippen LogP contribution in [0.15, 0.2) is 18.3 Å². The monoisotopic (exact) mass is 150 g/mol. The number of hydrogen-bond donors (Lipinski definition) is 1. The van der Waals surface area contributed by atoms with Crippen molar-refractivity contribution in [3.05, 3.63) is 24.0 Å². The molecule has 0 fully saturated rings. The third kappa shape index (κ3) is 0.756. The van der Waals surface area contributed by atoms with Gasteiger partial charge in [0.2, 0.25) is 0 Å². The fourth-order valence-corrected chi connectivity index (χ4v) is 1.12. The summed E-state index contributed by atoms with van der Waals surface area (Å²) in [4.78, 5) is 22.0. The first-order valence-electron chi connectivity index (χ1n) is 3.28. The van der Waals surface area contributed by atoms with E-state index in [9.17, 15) is 9.59 Å². The number of carbonyl (C=O) groups is 2. The highest BCUT2D eigenvalue weighted by molar-refractivity contribution is 6.04. The summed E-state index contributed by atoms with van der Waals surface area (Å²) in [5.74, 6) is -0.0467. The van der Waals surface area contributed by atoms with Crippen LogP contribution in [0.3, 0.4) is 0 Å². The van der Waals surface area contributed by atoms with Gasteiger partial charge in [0.1, 0.15) is 0 Å². The molecule has 0 saturated carbocycles. The van der Waals surface area contributed by atoms with E-state index in [1.54, 1.807) is 18.3 Å². The Labute approximate surface area is 62.8 Å². The number of ketones is 1. The number of hydrogen-bond acceptors (Lipinski definition) is 2. The summed E-state index contributed by atoms with van der Waals surface area (Å²) in [6.45, 7) is 0.114. The first kappa shape index (κ1) is 6.15. The molecule has 0 aromatic carbocycles. The van der Waals surface area contributed by atoms with Crippen molar-refractivity contribution in [1.29, 1.82) is 0 Å². The molecular formula is C7H6N2O2. The van der Waals surface area contributed by atoms with Gasteiger partial charge in [-0.25, -0.2) is 4.79 Å². The topological polar surface area (TPSA) is 51.1 Å². The largest absolute Gasteiger partial charge is 0.330 e. The number of nitrogens with zero attached hydrogens (tertiary/aromatic N) is 1. The molecule has 0 atom stereocenters. The zero-order valence-corrected chi connectivity index (χ0v) is 5.70. The maximum absolute atomic E-state index is 11.1. The van der Waals surface area contributed by atoms with Crippen LogP contribution in [0.5, 0.6) is 0 Å². The van der Waals surface area contributed by atoms with Crippen molar-refractivity contribution in [2.24, 2.45) is 0 Å². The van der Waals surface area contributed by atoms with E-state index in [-0.39, 0.29) is 18.4 Å². The number of nitrogens with one attached hydrogen (secondary N) is 1. The Balaban J connectivity index is 2.59. The molecule has 0 unspecified atom stereocenters. The number of amides is 1. The van der Waals surface area contributed by atoms with E-state index in [0.29, 0.717) is 5.69 Å². The fraction of sp³-hybridized carbons (Fsp3) is 0.143. The van der Waals surface area contributed by atoms with Gasteiger partial charge in [-0.15, -0.1) is 0 Å². The lowest BCUT2D eigenvalue weighted by molar-refractivity contribution is 0.0975. The third-order valence-electron chi connectivity index (χ3n) is 1.65. The maximum Gasteiger partial charge on any atom is 0.326 e. The summed E-state index contributed by atoms with van der Waals surface area (Å²) in [5, 5.41) is 2.45. The second-order valence-corrected chi connectivity index (χ2v) is 2.35. The van der Waals surface area contributed by atoms with Gasteiger partial charge in [-0.05, 0) is 12.1 Å². The average molecular weight is 150 g/mol. The molecule has 1 aromatic rings. The molecule has 11 heavy (non-hydrogen) atoms. The summed E-state index contributed by atoms with van der Waals surface area (Å²) in [6, 6.07) is 3.09. The molecule has 1 amide bonds. The van der Waals surface area contributed by atoms with Gasteiger partial charge in [-0.1, -0.05) is 0 Å². The summed E-state index contributed by atoms with van der Waals surface area (Å²) in [7, 11) is 0. The molecule has 0 bridgehead atoms. The zero-order chi connectivity index (χ0) is 7.84. The van der Waals surface area contributed by atoms with Gasteiger partial charge in [0.15, 0.2) is 5.78 Å². The first-order valence-corrected chi connectivity index (χ1v) is 3.28. The van der Waals surface area contributed by atoms with Gasteiger partial charge in [-0.3, -0.25) is 9.36 Å². The van der Waals surface area contributed by atoms with Gasteiger partial charge in [0.05, 0.1) is 12.2 Å². The van der Waals surface area contributed by atoms with Crippen LogP contribution in [0.1, 0.15) is 10.5 Å². The van der Waals surface area contributed by atoms with Gasteiger partial charge in [0, 0.05) is 6.20 Å². The minimum atomic E-state index is -0.232. The van der Waals surface area contributed by atoms with Crippen molar-refractivity contribution < 1.29 is 9.59 Å². The number of carbonyl (C=O) groups excluding carboxylic acids is 2. The van der Waals surface area contributed by atoms with Crippen LogP contribution in [0.25, 0.3) is 0 Å². The average Bonchev–Trinajstić information content (AvgIpc) is 2.45. The second-order valence-electron chi connectivity index (χ2n) is 2.35. The van der Waals surface area contributed by atoms with Crippen LogP contribution in [0.2, 0.25) is 0 Å². The van der Waals surface area contributed by atoms with Crippen LogP contribution in [-0.4, -0.2) is 22.9 Å². The molecule has 2 rings (SSSR count). The minimum absolute atomic E-state index is 0.0467. The molecule has 1 aromatic heterocycles. The fourth-order valence-electron chi connectivity index (χ4n) is 1.12. The Kier molecular flexibility index (Phi) is 1.09. The first-order chi connectivity index (χ1) is 5.29. The molecule has 0 aliphatic carbocycles. The quantitative estimate of drug-likeness (QED) is 0.576. The van der Waals surface area contributed by atoms with Crippen molar-refractivity contribution >= 4 is 11.8 Å². The van der Waals surface area contributed by atoms with Crippen LogP contribution in [0, 0.1) is 0 Å². The molecule has 1 aliphatic heterocycles. The van der Waals surface area contributed by atoms with Gasteiger partial charge >= 0.3 is 6.03 Å². The molecule has 4 heteroatoms. The summed E-state index contributed by atoms with van der Waals surface area (Å²) < 4.78 is 1.31. The Morgan fingerprint density at radius 3 is 3.00 bits per heavy atom. The summed E-state index contributed by atoms with van der Waals surface area (Å²) >= 11 is 0. The second kappa shape index (κ2) is 1.95. The van der Waals surface area contributed by atoms with E-state index >= 15 is 0 Å². The molecule has 56 valence electrons. The number of rotatable bonds is 0. The number of Topliss-reactive ketones (excluding diaryl/α,β-unsaturated/α-hetero) is 1. The minimum Gasteiger partial charge on any atom is -0.330 e.